The van der Waals surface area contributed by atoms with Crippen LogP contribution >= 0.6 is 0 Å². The summed E-state index contributed by atoms with van der Waals surface area (Å²) >= 11 is 0. The van der Waals surface area contributed by atoms with Crippen molar-refractivity contribution in [1.82, 2.24) is 9.88 Å². The molecule has 8 nitrogen and oxygen atoms in total. The molecule has 0 unspecified atom stereocenters. The van der Waals surface area contributed by atoms with Gasteiger partial charge in [-0.05, 0) is 25.1 Å². The average Bonchev–Trinajstić information content (AvgIpc) is 3.01. The molecule has 1 heterocycles. The largest absolute Gasteiger partial charge is 0.445 e. The van der Waals surface area contributed by atoms with E-state index in [-0.39, 0.29) is 5.91 Å². The Hall–Kier alpha value is -3.42. The van der Waals surface area contributed by atoms with Crippen molar-refractivity contribution in [1.29, 1.82) is 5.41 Å². The van der Waals surface area contributed by atoms with Crippen LogP contribution in [0.25, 0.3) is 0 Å². The molecule has 0 saturated carbocycles. The number of benzene rings is 1. The van der Waals surface area contributed by atoms with Gasteiger partial charge in [-0.1, -0.05) is 6.58 Å². The molecular formula is C19H24N6O2. The van der Waals surface area contributed by atoms with Gasteiger partial charge in [-0.15, -0.1) is 0 Å². The van der Waals surface area contributed by atoms with E-state index in [1.807, 2.05) is 0 Å². The summed E-state index contributed by atoms with van der Waals surface area (Å²) in [6.07, 6.45) is 3.31. The number of carbonyl (C=O) groups excluding carboxylic acids is 1. The van der Waals surface area contributed by atoms with Crippen molar-refractivity contribution in [3.05, 3.63) is 53.9 Å². The van der Waals surface area contributed by atoms with Gasteiger partial charge in [-0.2, -0.15) is 0 Å². The maximum Gasteiger partial charge on any atom is 0.222 e. The number of aryl methyl sites for hydroxylation is 2. The number of nitrogen functional groups attached to an aromatic ring is 1. The van der Waals surface area contributed by atoms with Gasteiger partial charge in [0, 0.05) is 56.3 Å². The van der Waals surface area contributed by atoms with Crippen LogP contribution in [0.15, 0.2) is 40.4 Å². The van der Waals surface area contributed by atoms with E-state index in [0.717, 1.165) is 0 Å². The topological polar surface area (TPSA) is 121 Å². The van der Waals surface area contributed by atoms with Crippen LogP contribution in [0, 0.1) is 12.3 Å². The van der Waals surface area contributed by atoms with E-state index in [2.05, 4.69) is 21.9 Å². The molecule has 0 saturated heterocycles. The van der Waals surface area contributed by atoms with Crippen molar-refractivity contribution in [2.75, 3.05) is 25.1 Å². The Balaban J connectivity index is 2.24. The zero-order chi connectivity index (χ0) is 20.0. The molecule has 0 bridgehead atoms. The summed E-state index contributed by atoms with van der Waals surface area (Å²) < 4.78 is 5.68. The third-order valence-electron chi connectivity index (χ3n) is 3.84. The van der Waals surface area contributed by atoms with Crippen LogP contribution in [0.4, 0.5) is 11.4 Å². The first-order valence-corrected chi connectivity index (χ1v) is 8.38. The Kier molecular flexibility index (Phi) is 6.48. The number of anilines is 2. The number of oxazole rings is 1. The van der Waals surface area contributed by atoms with E-state index in [1.54, 1.807) is 39.2 Å². The highest BCUT2D eigenvalue weighted by atomic mass is 16.4. The number of rotatable bonds is 7. The molecule has 1 aromatic heterocycles. The number of nitrogens with two attached hydrogens (primary N) is 1. The molecule has 142 valence electrons. The highest BCUT2D eigenvalue weighted by molar-refractivity contribution is 6.08. The van der Waals surface area contributed by atoms with Crippen LogP contribution < -0.4 is 11.1 Å². The summed E-state index contributed by atoms with van der Waals surface area (Å²) in [6.45, 7) is 5.42. The number of aliphatic imine (C=N–C) groups is 1. The zero-order valence-corrected chi connectivity index (χ0v) is 15.7. The number of hydrogen-bond acceptors (Lipinski definition) is 6. The Bertz CT molecular complexity index is 882. The molecule has 4 N–H and O–H groups in total. The SMILES string of the molecule is C=CN=C(Nc1ccc(N)c(C=N)c1)c1nc(CCC(=O)N(C)C)oc1C. The third-order valence-corrected chi connectivity index (χ3v) is 3.84. The van der Waals surface area contributed by atoms with Crippen LogP contribution in [0.1, 0.15) is 29.3 Å². The first-order valence-electron chi connectivity index (χ1n) is 8.38. The minimum absolute atomic E-state index is 0.00607. The molecule has 0 aliphatic carbocycles. The molecule has 0 aliphatic rings. The van der Waals surface area contributed by atoms with Gasteiger partial charge in [0.2, 0.25) is 5.91 Å². The lowest BCUT2D eigenvalue weighted by Gasteiger charge is -2.09. The minimum atomic E-state index is 0.00607. The molecule has 0 atom stereocenters. The summed E-state index contributed by atoms with van der Waals surface area (Å²) in [7, 11) is 3.42. The normalized spacial score (nSPS) is 11.1. The van der Waals surface area contributed by atoms with E-state index in [0.29, 0.717) is 53.0 Å². The zero-order valence-electron chi connectivity index (χ0n) is 15.7. The minimum Gasteiger partial charge on any atom is -0.445 e. The second-order valence-corrected chi connectivity index (χ2v) is 6.07. The fourth-order valence-corrected chi connectivity index (χ4v) is 2.37. The second-order valence-electron chi connectivity index (χ2n) is 6.07. The summed E-state index contributed by atoms with van der Waals surface area (Å²) in [6, 6.07) is 5.24. The van der Waals surface area contributed by atoms with Crippen molar-refractivity contribution in [2.24, 2.45) is 4.99 Å². The van der Waals surface area contributed by atoms with Crippen LogP contribution in [-0.2, 0) is 11.2 Å². The average molecular weight is 368 g/mol. The molecule has 1 aromatic carbocycles. The molecule has 2 rings (SSSR count). The fourth-order valence-electron chi connectivity index (χ4n) is 2.37. The standard InChI is InChI=1S/C19H24N6O2/c1-5-22-19(23-14-6-7-15(21)13(10-14)11-20)18-12(2)27-16(24-18)8-9-17(26)25(3)4/h5-7,10-11,20H,1,8-9,21H2,2-4H3,(H,22,23). The molecule has 0 radical (unpaired) electrons. The maximum atomic E-state index is 11.8. The lowest BCUT2D eigenvalue weighted by atomic mass is 10.1. The maximum absolute atomic E-state index is 11.8. The lowest BCUT2D eigenvalue weighted by Crippen LogP contribution is -2.21. The van der Waals surface area contributed by atoms with E-state index < -0.39 is 0 Å². The van der Waals surface area contributed by atoms with E-state index >= 15 is 0 Å². The van der Waals surface area contributed by atoms with Crippen LogP contribution in [0.2, 0.25) is 0 Å². The summed E-state index contributed by atoms with van der Waals surface area (Å²) in [5.41, 5.74) is 8.18. The van der Waals surface area contributed by atoms with E-state index in [1.165, 1.54) is 17.3 Å². The van der Waals surface area contributed by atoms with Crippen LogP contribution in [0.5, 0.6) is 0 Å². The Morgan fingerprint density at radius 3 is 2.85 bits per heavy atom. The number of aromatic nitrogens is 1. The Labute approximate surface area is 158 Å². The molecule has 27 heavy (non-hydrogen) atoms. The third kappa shape index (κ3) is 5.04. The molecule has 0 fully saturated rings. The molecule has 0 aliphatic heterocycles. The summed E-state index contributed by atoms with van der Waals surface area (Å²) in [5.74, 6) is 1.51. The molecule has 2 aromatic rings. The van der Waals surface area contributed by atoms with Gasteiger partial charge in [0.1, 0.15) is 11.5 Å². The number of amides is 1. The number of nitrogens with zero attached hydrogens (tertiary/aromatic N) is 3. The first-order chi connectivity index (χ1) is 12.8. The van der Waals surface area contributed by atoms with Crippen molar-refractivity contribution < 1.29 is 9.21 Å². The quantitative estimate of drug-likeness (QED) is 0.394. The summed E-state index contributed by atoms with van der Waals surface area (Å²) in [5, 5.41) is 10.6. The lowest BCUT2D eigenvalue weighted by molar-refractivity contribution is -0.128. The van der Waals surface area contributed by atoms with Crippen molar-refractivity contribution in [3.63, 3.8) is 0 Å². The van der Waals surface area contributed by atoms with Gasteiger partial charge in [0.25, 0.3) is 0 Å². The van der Waals surface area contributed by atoms with Crippen LogP contribution in [-0.4, -0.2) is 41.9 Å². The Morgan fingerprint density at radius 2 is 2.22 bits per heavy atom. The van der Waals surface area contributed by atoms with E-state index in [9.17, 15) is 4.79 Å². The fraction of sp³-hybridized carbons (Fsp3) is 0.263. The highest BCUT2D eigenvalue weighted by Crippen LogP contribution is 2.19. The molecule has 8 heteroatoms. The van der Waals surface area contributed by atoms with Gasteiger partial charge in [0.05, 0.1) is 0 Å². The molecular weight excluding hydrogens is 344 g/mol. The molecule has 0 spiro atoms. The predicted molar refractivity (Wildman–Crippen MR) is 107 cm³/mol. The van der Waals surface area contributed by atoms with E-state index in [4.69, 9.17) is 15.6 Å². The van der Waals surface area contributed by atoms with Gasteiger partial charge < -0.3 is 25.8 Å². The Morgan fingerprint density at radius 1 is 1.48 bits per heavy atom. The first kappa shape index (κ1) is 19.9. The van der Waals surface area contributed by atoms with Gasteiger partial charge in [-0.25, -0.2) is 9.98 Å². The monoisotopic (exact) mass is 368 g/mol. The molecule has 1 amide bonds. The van der Waals surface area contributed by atoms with Crippen molar-refractivity contribution >= 4 is 29.3 Å². The van der Waals surface area contributed by atoms with Gasteiger partial charge in [0.15, 0.2) is 11.7 Å². The second kappa shape index (κ2) is 8.79. The summed E-state index contributed by atoms with van der Waals surface area (Å²) in [4.78, 5) is 22.0. The van der Waals surface area contributed by atoms with Crippen LogP contribution in [0.3, 0.4) is 0 Å². The predicted octanol–water partition coefficient (Wildman–Crippen LogP) is 2.59. The number of hydrogen-bond donors (Lipinski definition) is 3. The smallest absolute Gasteiger partial charge is 0.222 e. The highest BCUT2D eigenvalue weighted by Gasteiger charge is 2.17. The number of carbonyl (C=O) groups is 1. The van der Waals surface area contributed by atoms with Crippen molar-refractivity contribution in [2.45, 2.75) is 19.8 Å². The van der Waals surface area contributed by atoms with Crippen molar-refractivity contribution in [3.8, 4) is 0 Å². The number of nitrogens with one attached hydrogen (secondary N) is 2. The van der Waals surface area contributed by atoms with Gasteiger partial charge >= 0.3 is 0 Å². The number of amidine groups is 1. The van der Waals surface area contributed by atoms with Gasteiger partial charge in [-0.3, -0.25) is 4.79 Å².